The number of carbonyl (C=O) groups excluding carboxylic acids is 3. The topological polar surface area (TPSA) is 245 Å². The van der Waals surface area contributed by atoms with Crippen LogP contribution in [0.5, 0.6) is 0 Å². The number of carbonyl (C=O) groups is 6. The molecule has 14 heteroatoms. The summed E-state index contributed by atoms with van der Waals surface area (Å²) < 4.78 is 0. The van der Waals surface area contributed by atoms with Crippen molar-refractivity contribution in [3.05, 3.63) is 0 Å². The Morgan fingerprint density at radius 2 is 1.30 bits per heavy atom. The van der Waals surface area contributed by atoms with Crippen LogP contribution in [-0.2, 0) is 28.8 Å². The van der Waals surface area contributed by atoms with Crippen molar-refractivity contribution in [2.24, 2.45) is 11.7 Å². The highest BCUT2D eigenvalue weighted by Crippen LogP contribution is 2.08. The lowest BCUT2D eigenvalue weighted by Crippen LogP contribution is -2.58. The van der Waals surface area contributed by atoms with E-state index >= 15 is 0 Å². The highest BCUT2D eigenvalue weighted by atomic mass is 16.4. The minimum absolute atomic E-state index is 0.0794. The summed E-state index contributed by atoms with van der Waals surface area (Å²) in [4.78, 5) is 70.4. The summed E-state index contributed by atoms with van der Waals surface area (Å²) in [6, 6.07) is -5.86. The Morgan fingerprint density at radius 3 is 1.73 bits per heavy atom. The van der Waals surface area contributed by atoms with Crippen LogP contribution in [0.1, 0.15) is 46.5 Å². The van der Waals surface area contributed by atoms with Crippen molar-refractivity contribution >= 4 is 35.6 Å². The molecule has 0 aromatic rings. The van der Waals surface area contributed by atoms with Gasteiger partial charge in [-0.3, -0.25) is 24.0 Å². The molecule has 9 N–H and O–H groups in total. The molecule has 5 atom stereocenters. The van der Waals surface area contributed by atoms with Crippen LogP contribution < -0.4 is 21.7 Å². The predicted octanol–water partition coefficient (Wildman–Crippen LogP) is -2.38. The number of rotatable bonds is 15. The highest BCUT2D eigenvalue weighted by Gasteiger charge is 2.32. The molecule has 0 spiro atoms. The molecule has 0 saturated carbocycles. The Kier molecular flexibility index (Phi) is 12.6. The average molecular weight is 476 g/mol. The molecule has 0 fully saturated rings. The summed E-state index contributed by atoms with van der Waals surface area (Å²) in [5.74, 6) is -7.11. The number of nitrogens with one attached hydrogen (secondary N) is 3. The molecule has 0 radical (unpaired) electrons. The fourth-order valence-corrected chi connectivity index (χ4v) is 2.71. The summed E-state index contributed by atoms with van der Waals surface area (Å²) in [6.45, 7) is 4.59. The van der Waals surface area contributed by atoms with E-state index in [1.165, 1.54) is 0 Å². The van der Waals surface area contributed by atoms with Gasteiger partial charge in [-0.25, -0.2) is 4.79 Å². The van der Waals surface area contributed by atoms with E-state index in [4.69, 9.17) is 21.1 Å². The molecule has 0 aliphatic heterocycles. The molecule has 0 bridgehead atoms. The highest BCUT2D eigenvalue weighted by molar-refractivity contribution is 5.95. The van der Waals surface area contributed by atoms with Crippen LogP contribution >= 0.6 is 0 Å². The van der Waals surface area contributed by atoms with Gasteiger partial charge in [-0.15, -0.1) is 0 Å². The zero-order chi connectivity index (χ0) is 25.9. The first-order chi connectivity index (χ1) is 15.1. The van der Waals surface area contributed by atoms with Gasteiger partial charge in [0.05, 0.1) is 18.6 Å². The van der Waals surface area contributed by atoms with E-state index in [2.05, 4.69) is 10.6 Å². The number of hydrogen-bond donors (Lipinski definition) is 8. The number of carboxylic acid groups (broad SMARTS) is 3. The molecule has 0 heterocycles. The second kappa shape index (κ2) is 14.0. The minimum atomic E-state index is -1.71. The maximum atomic E-state index is 12.8. The first-order valence-electron chi connectivity index (χ1n) is 10.2. The predicted molar refractivity (Wildman–Crippen MR) is 112 cm³/mol. The van der Waals surface area contributed by atoms with Crippen LogP contribution in [0.15, 0.2) is 0 Å². The Bertz CT molecular complexity index is 740. The van der Waals surface area contributed by atoms with Crippen molar-refractivity contribution in [3.8, 4) is 0 Å². The Morgan fingerprint density at radius 1 is 0.788 bits per heavy atom. The lowest BCUT2D eigenvalue weighted by molar-refractivity contribution is -0.145. The zero-order valence-electron chi connectivity index (χ0n) is 18.6. The zero-order valence-corrected chi connectivity index (χ0v) is 18.6. The van der Waals surface area contributed by atoms with E-state index in [-0.39, 0.29) is 12.3 Å². The van der Waals surface area contributed by atoms with Gasteiger partial charge in [-0.2, -0.15) is 0 Å². The summed E-state index contributed by atoms with van der Waals surface area (Å²) >= 11 is 0. The second-order valence-corrected chi connectivity index (χ2v) is 7.95. The molecule has 33 heavy (non-hydrogen) atoms. The second-order valence-electron chi connectivity index (χ2n) is 7.95. The van der Waals surface area contributed by atoms with Gasteiger partial charge in [0.2, 0.25) is 17.7 Å². The third-order valence-corrected chi connectivity index (χ3v) is 4.40. The lowest BCUT2D eigenvalue weighted by atomic mass is 10.0. The van der Waals surface area contributed by atoms with Crippen molar-refractivity contribution in [3.63, 3.8) is 0 Å². The minimum Gasteiger partial charge on any atom is -0.481 e. The molecular formula is C19H32N4O10. The number of hydrogen-bond acceptors (Lipinski definition) is 8. The molecule has 0 aliphatic carbocycles. The van der Waals surface area contributed by atoms with Crippen molar-refractivity contribution < 1.29 is 49.2 Å². The quantitative estimate of drug-likeness (QED) is 0.124. The van der Waals surface area contributed by atoms with E-state index in [1.54, 1.807) is 13.8 Å². The third kappa shape index (κ3) is 11.8. The SMILES string of the molecule is CC(C)CC(NC(=O)C(N)CC(=O)O)C(=O)NC(CCC(=O)O)C(=O)NC(C(=O)O)C(C)O. The first kappa shape index (κ1) is 29.7. The smallest absolute Gasteiger partial charge is 0.328 e. The Hall–Kier alpha value is -3.26. The van der Waals surface area contributed by atoms with E-state index in [9.17, 15) is 33.9 Å². The molecule has 188 valence electrons. The van der Waals surface area contributed by atoms with Crippen LogP contribution in [0.4, 0.5) is 0 Å². The van der Waals surface area contributed by atoms with Crippen LogP contribution in [0.25, 0.3) is 0 Å². The van der Waals surface area contributed by atoms with E-state index < -0.39 is 85.2 Å². The molecule has 0 saturated heterocycles. The monoisotopic (exact) mass is 476 g/mol. The molecule has 0 rings (SSSR count). The van der Waals surface area contributed by atoms with Gasteiger partial charge in [-0.1, -0.05) is 13.8 Å². The summed E-state index contributed by atoms with van der Waals surface area (Å²) in [5.41, 5.74) is 5.51. The molecule has 5 unspecified atom stereocenters. The van der Waals surface area contributed by atoms with Crippen LogP contribution in [-0.4, -0.2) is 86.3 Å². The maximum absolute atomic E-state index is 12.8. The van der Waals surface area contributed by atoms with Crippen LogP contribution in [0, 0.1) is 5.92 Å². The number of aliphatic hydroxyl groups is 1. The van der Waals surface area contributed by atoms with Gasteiger partial charge < -0.3 is 42.1 Å². The number of nitrogens with two attached hydrogens (primary N) is 1. The van der Waals surface area contributed by atoms with Gasteiger partial charge >= 0.3 is 17.9 Å². The van der Waals surface area contributed by atoms with Crippen molar-refractivity contribution in [1.29, 1.82) is 0 Å². The summed E-state index contributed by atoms with van der Waals surface area (Å²) in [6.07, 6.45) is -3.03. The van der Waals surface area contributed by atoms with Gasteiger partial charge in [0.15, 0.2) is 6.04 Å². The number of amides is 3. The number of aliphatic carboxylic acids is 3. The fraction of sp³-hybridized carbons (Fsp3) is 0.684. The van der Waals surface area contributed by atoms with Gasteiger partial charge in [-0.05, 0) is 25.7 Å². The van der Waals surface area contributed by atoms with E-state index in [0.29, 0.717) is 0 Å². The van der Waals surface area contributed by atoms with Crippen LogP contribution in [0.3, 0.4) is 0 Å². The van der Waals surface area contributed by atoms with Crippen molar-refractivity contribution in [2.45, 2.75) is 76.7 Å². The number of aliphatic hydroxyl groups excluding tert-OH is 1. The largest absolute Gasteiger partial charge is 0.481 e. The lowest BCUT2D eigenvalue weighted by Gasteiger charge is -2.26. The first-order valence-corrected chi connectivity index (χ1v) is 10.2. The van der Waals surface area contributed by atoms with Gasteiger partial charge in [0.25, 0.3) is 0 Å². The average Bonchev–Trinajstić information content (AvgIpc) is 2.66. The molecule has 0 aliphatic rings. The molecular weight excluding hydrogens is 444 g/mol. The summed E-state index contributed by atoms with van der Waals surface area (Å²) in [5, 5.41) is 43.0. The van der Waals surface area contributed by atoms with Crippen molar-refractivity contribution in [2.75, 3.05) is 0 Å². The molecule has 0 aromatic carbocycles. The summed E-state index contributed by atoms with van der Waals surface area (Å²) in [7, 11) is 0. The van der Waals surface area contributed by atoms with Crippen molar-refractivity contribution in [1.82, 2.24) is 16.0 Å². The van der Waals surface area contributed by atoms with Crippen LogP contribution in [0.2, 0.25) is 0 Å². The fourth-order valence-electron chi connectivity index (χ4n) is 2.71. The maximum Gasteiger partial charge on any atom is 0.328 e. The van der Waals surface area contributed by atoms with Gasteiger partial charge in [0, 0.05) is 6.42 Å². The molecule has 14 nitrogen and oxygen atoms in total. The number of carboxylic acids is 3. The normalized spacial score (nSPS) is 15.5. The standard InChI is InChI=1S/C19H32N4O10/c1-8(2)6-12(22-16(29)10(20)7-14(27)28)18(31)21-11(4-5-13(25)26)17(30)23-15(9(3)24)19(32)33/h8-12,15,24H,4-7,20H2,1-3H3,(H,21,31)(H,22,29)(H,23,30)(H,25,26)(H,27,28)(H,32,33). The third-order valence-electron chi connectivity index (χ3n) is 4.40. The molecule has 0 aromatic heterocycles. The van der Waals surface area contributed by atoms with E-state index in [0.717, 1.165) is 6.92 Å². The molecule has 3 amide bonds. The van der Waals surface area contributed by atoms with Gasteiger partial charge in [0.1, 0.15) is 12.1 Å². The Labute approximate surface area is 189 Å². The van der Waals surface area contributed by atoms with E-state index in [1.807, 2.05) is 5.32 Å². The Balaban J connectivity index is 5.58.